The Bertz CT molecular complexity index is 978. The second kappa shape index (κ2) is 8.23. The molecule has 5 heteroatoms. The Labute approximate surface area is 169 Å². The molecule has 0 spiro atoms. The van der Waals surface area contributed by atoms with E-state index in [-0.39, 0.29) is 11.1 Å². The molecule has 1 aromatic heterocycles. The Morgan fingerprint density at radius 3 is 2.79 bits per heavy atom. The highest BCUT2D eigenvalue weighted by Gasteiger charge is 2.25. The molecule has 0 saturated carbocycles. The number of aryl methyl sites for hydroxylation is 1. The van der Waals surface area contributed by atoms with Crippen LogP contribution in [0, 0.1) is 12.7 Å². The van der Waals surface area contributed by atoms with Crippen molar-refractivity contribution in [3.05, 3.63) is 83.4 Å². The zero-order valence-corrected chi connectivity index (χ0v) is 16.9. The molecule has 0 N–H and O–H groups in total. The van der Waals surface area contributed by atoms with E-state index in [9.17, 15) is 4.39 Å². The molecule has 1 aliphatic heterocycles. The van der Waals surface area contributed by atoms with E-state index >= 15 is 0 Å². The van der Waals surface area contributed by atoms with Gasteiger partial charge in [-0.2, -0.15) is 0 Å². The minimum Gasteiger partial charge on any atom is -0.497 e. The highest BCUT2D eigenvalue weighted by Crippen LogP contribution is 2.47. The van der Waals surface area contributed by atoms with Gasteiger partial charge in [0, 0.05) is 27.9 Å². The molecule has 0 saturated heterocycles. The molecule has 0 unspecified atom stereocenters. The normalized spacial score (nSPS) is 16.4. The van der Waals surface area contributed by atoms with Crippen molar-refractivity contribution in [1.82, 2.24) is 4.98 Å². The van der Waals surface area contributed by atoms with Crippen molar-refractivity contribution < 1.29 is 9.13 Å². The molecule has 0 aliphatic carbocycles. The van der Waals surface area contributed by atoms with Gasteiger partial charge in [0.15, 0.2) is 0 Å². The number of fused-ring (bicyclic) bond motifs is 1. The molecule has 28 heavy (non-hydrogen) atoms. The number of hydrogen-bond donors (Lipinski definition) is 0. The predicted molar refractivity (Wildman–Crippen MR) is 113 cm³/mol. The number of benzene rings is 2. The summed E-state index contributed by atoms with van der Waals surface area (Å²) in [7, 11) is 1.67. The van der Waals surface area contributed by atoms with E-state index in [1.807, 2.05) is 37.3 Å². The van der Waals surface area contributed by atoms with Crippen LogP contribution in [0.15, 0.2) is 65.6 Å². The van der Waals surface area contributed by atoms with Crippen LogP contribution in [0.25, 0.3) is 0 Å². The molecule has 3 aromatic rings. The van der Waals surface area contributed by atoms with Crippen LogP contribution >= 0.6 is 11.8 Å². The number of nitrogens with zero attached hydrogens (tertiary/aromatic N) is 2. The van der Waals surface area contributed by atoms with E-state index in [1.54, 1.807) is 31.0 Å². The van der Waals surface area contributed by atoms with Crippen LogP contribution in [-0.4, -0.2) is 18.6 Å². The largest absolute Gasteiger partial charge is 0.497 e. The maximum absolute atomic E-state index is 14.5. The average Bonchev–Trinajstić information content (AvgIpc) is 2.87. The van der Waals surface area contributed by atoms with Crippen LogP contribution in [0.3, 0.4) is 0 Å². The summed E-state index contributed by atoms with van der Waals surface area (Å²) in [6.07, 6.45) is 0.856. The Morgan fingerprint density at radius 2 is 2.00 bits per heavy atom. The molecule has 2 aromatic carbocycles. The van der Waals surface area contributed by atoms with E-state index in [4.69, 9.17) is 4.74 Å². The van der Waals surface area contributed by atoms with Crippen LogP contribution < -0.4 is 9.64 Å². The summed E-state index contributed by atoms with van der Waals surface area (Å²) < 4.78 is 19.9. The topological polar surface area (TPSA) is 25.4 Å². The maximum atomic E-state index is 14.5. The number of halogens is 1. The number of pyridine rings is 1. The number of anilines is 1. The summed E-state index contributed by atoms with van der Waals surface area (Å²) in [4.78, 5) is 8.11. The summed E-state index contributed by atoms with van der Waals surface area (Å²) in [5, 5.41) is 0.0579. The monoisotopic (exact) mass is 394 g/mol. The van der Waals surface area contributed by atoms with Gasteiger partial charge in [-0.3, -0.25) is 4.98 Å². The van der Waals surface area contributed by atoms with Crippen LogP contribution in [0.5, 0.6) is 5.75 Å². The van der Waals surface area contributed by atoms with Gasteiger partial charge in [0.2, 0.25) is 0 Å². The van der Waals surface area contributed by atoms with E-state index < -0.39 is 0 Å². The average molecular weight is 395 g/mol. The molecule has 3 nitrogen and oxygen atoms in total. The lowest BCUT2D eigenvalue weighted by atomic mass is 10.1. The Balaban J connectivity index is 1.70. The van der Waals surface area contributed by atoms with Gasteiger partial charge < -0.3 is 9.64 Å². The smallest absolute Gasteiger partial charge is 0.127 e. The van der Waals surface area contributed by atoms with Crippen molar-refractivity contribution in [1.29, 1.82) is 0 Å². The van der Waals surface area contributed by atoms with E-state index in [1.165, 1.54) is 0 Å². The Kier molecular flexibility index (Phi) is 5.53. The first kappa shape index (κ1) is 18.8. The summed E-state index contributed by atoms with van der Waals surface area (Å²) in [5.41, 5.74) is 3.96. The van der Waals surface area contributed by atoms with Crippen molar-refractivity contribution in [3.63, 3.8) is 0 Å². The zero-order valence-electron chi connectivity index (χ0n) is 16.1. The van der Waals surface area contributed by atoms with Gasteiger partial charge >= 0.3 is 0 Å². The fraction of sp³-hybridized carbons (Fsp3) is 0.261. The SMILES string of the molecule is COc1ccc2c(c1)S[C@@H](c1ccccc1F)CCN2Cc1cccc(C)n1. The van der Waals surface area contributed by atoms with Gasteiger partial charge in [-0.1, -0.05) is 24.3 Å². The first-order valence-electron chi connectivity index (χ1n) is 9.40. The fourth-order valence-electron chi connectivity index (χ4n) is 3.59. The number of hydrogen-bond acceptors (Lipinski definition) is 4. The quantitative estimate of drug-likeness (QED) is 0.560. The molecule has 0 amide bonds. The number of thioether (sulfide) groups is 1. The third kappa shape index (κ3) is 3.99. The second-order valence-corrected chi connectivity index (χ2v) is 8.19. The van der Waals surface area contributed by atoms with Crippen molar-refractivity contribution in [2.45, 2.75) is 30.0 Å². The molecule has 0 bridgehead atoms. The summed E-state index contributed by atoms with van der Waals surface area (Å²) >= 11 is 1.71. The third-order valence-electron chi connectivity index (χ3n) is 4.99. The first-order valence-corrected chi connectivity index (χ1v) is 10.3. The summed E-state index contributed by atoms with van der Waals surface area (Å²) in [6, 6.07) is 19.3. The Morgan fingerprint density at radius 1 is 1.14 bits per heavy atom. The van der Waals surface area contributed by atoms with Gasteiger partial charge in [0.05, 0.1) is 25.0 Å². The van der Waals surface area contributed by atoms with Crippen molar-refractivity contribution >= 4 is 17.4 Å². The molecular formula is C23H23FN2OS. The van der Waals surface area contributed by atoms with Gasteiger partial charge in [0.1, 0.15) is 11.6 Å². The standard InChI is InChI=1S/C23H23FN2OS/c1-16-6-5-7-17(25-16)15-26-13-12-22(19-8-3-4-9-20(19)24)28-23-14-18(27-2)10-11-21(23)26/h3-11,14,22H,12-13,15H2,1-2H3/t22-/m1/s1. The summed E-state index contributed by atoms with van der Waals surface area (Å²) in [6.45, 7) is 3.57. The van der Waals surface area contributed by atoms with E-state index in [0.717, 1.165) is 52.8 Å². The molecule has 2 heterocycles. The van der Waals surface area contributed by atoms with Gasteiger partial charge in [-0.05, 0) is 49.7 Å². The van der Waals surface area contributed by atoms with Gasteiger partial charge in [-0.25, -0.2) is 4.39 Å². The lowest BCUT2D eigenvalue weighted by Gasteiger charge is -2.24. The lowest BCUT2D eigenvalue weighted by molar-refractivity contribution is 0.413. The molecule has 1 aliphatic rings. The summed E-state index contributed by atoms with van der Waals surface area (Å²) in [5.74, 6) is 0.673. The number of rotatable bonds is 4. The number of methoxy groups -OCH3 is 1. The number of aromatic nitrogens is 1. The maximum Gasteiger partial charge on any atom is 0.127 e. The van der Waals surface area contributed by atoms with Crippen LogP contribution in [0.4, 0.5) is 10.1 Å². The van der Waals surface area contributed by atoms with Crippen LogP contribution in [0.1, 0.15) is 28.6 Å². The van der Waals surface area contributed by atoms with Gasteiger partial charge in [0.25, 0.3) is 0 Å². The van der Waals surface area contributed by atoms with Crippen molar-refractivity contribution in [3.8, 4) is 5.75 Å². The minimum absolute atomic E-state index is 0.0579. The highest BCUT2D eigenvalue weighted by atomic mass is 32.2. The zero-order chi connectivity index (χ0) is 19.5. The predicted octanol–water partition coefficient (Wildman–Crippen LogP) is 5.78. The number of ether oxygens (including phenoxy) is 1. The highest BCUT2D eigenvalue weighted by molar-refractivity contribution is 7.99. The Hall–Kier alpha value is -2.53. The minimum atomic E-state index is -0.141. The fourth-order valence-corrected chi connectivity index (χ4v) is 4.94. The molecule has 144 valence electrons. The van der Waals surface area contributed by atoms with E-state index in [2.05, 4.69) is 28.1 Å². The molecule has 4 rings (SSSR count). The molecule has 0 fully saturated rings. The van der Waals surface area contributed by atoms with Crippen LogP contribution in [0.2, 0.25) is 0 Å². The molecule has 1 atom stereocenters. The van der Waals surface area contributed by atoms with E-state index in [0.29, 0.717) is 0 Å². The van der Waals surface area contributed by atoms with Crippen LogP contribution in [-0.2, 0) is 6.54 Å². The van der Waals surface area contributed by atoms with Gasteiger partial charge in [-0.15, -0.1) is 11.8 Å². The third-order valence-corrected chi connectivity index (χ3v) is 6.34. The molecular weight excluding hydrogens is 371 g/mol. The first-order chi connectivity index (χ1) is 13.6. The van der Waals surface area contributed by atoms with Crippen molar-refractivity contribution in [2.24, 2.45) is 0 Å². The second-order valence-electron chi connectivity index (χ2n) is 6.94. The lowest BCUT2D eigenvalue weighted by Crippen LogP contribution is -2.24. The molecule has 0 radical (unpaired) electrons. The van der Waals surface area contributed by atoms with Crippen molar-refractivity contribution in [2.75, 3.05) is 18.6 Å².